The molecule has 2 aromatic heterocycles. The molecule has 0 spiro atoms. The van der Waals surface area contributed by atoms with E-state index < -0.39 is 4.92 Å². The van der Waals surface area contributed by atoms with Crippen LogP contribution in [0.15, 0.2) is 46.7 Å². The van der Waals surface area contributed by atoms with E-state index in [2.05, 4.69) is 15.4 Å². The predicted molar refractivity (Wildman–Crippen MR) is 101 cm³/mol. The molecule has 1 aromatic carbocycles. The van der Waals surface area contributed by atoms with Gasteiger partial charge in [-0.15, -0.1) is 0 Å². The topological polar surface area (TPSA) is 108 Å². The van der Waals surface area contributed by atoms with Gasteiger partial charge in [-0.3, -0.25) is 19.6 Å². The second-order valence-corrected chi connectivity index (χ2v) is 6.97. The van der Waals surface area contributed by atoms with E-state index in [1.165, 1.54) is 16.4 Å². The number of nitrogens with zero attached hydrogens (tertiary/aromatic N) is 5. The van der Waals surface area contributed by atoms with Crippen molar-refractivity contribution in [3.8, 4) is 0 Å². The van der Waals surface area contributed by atoms with E-state index >= 15 is 0 Å². The highest BCUT2D eigenvalue weighted by molar-refractivity contribution is 7.99. The van der Waals surface area contributed by atoms with Crippen molar-refractivity contribution in [1.29, 1.82) is 0 Å². The third kappa shape index (κ3) is 4.17. The maximum Gasteiger partial charge on any atom is 0.312 e. The SMILES string of the molecule is Cc1nn(CC(=O)Nc2ccc(Sc3nccn3C)cc2)c(C)c1[N+](=O)[O-]. The Morgan fingerprint density at radius 2 is 2.00 bits per heavy atom. The van der Waals surface area contributed by atoms with Crippen LogP contribution in [-0.4, -0.2) is 30.2 Å². The largest absolute Gasteiger partial charge is 0.329 e. The maximum absolute atomic E-state index is 12.3. The van der Waals surface area contributed by atoms with Crippen molar-refractivity contribution >= 4 is 29.0 Å². The summed E-state index contributed by atoms with van der Waals surface area (Å²) >= 11 is 1.52. The van der Waals surface area contributed by atoms with Gasteiger partial charge in [0, 0.05) is 30.0 Å². The molecule has 0 unspecified atom stereocenters. The van der Waals surface area contributed by atoms with E-state index in [9.17, 15) is 14.9 Å². The molecule has 0 aliphatic rings. The van der Waals surface area contributed by atoms with Gasteiger partial charge in [-0.05, 0) is 38.1 Å². The van der Waals surface area contributed by atoms with Crippen molar-refractivity contribution < 1.29 is 9.72 Å². The lowest BCUT2D eigenvalue weighted by molar-refractivity contribution is -0.386. The lowest BCUT2D eigenvalue weighted by Gasteiger charge is -2.07. The Balaban J connectivity index is 1.64. The summed E-state index contributed by atoms with van der Waals surface area (Å²) in [7, 11) is 1.92. The number of carbonyl (C=O) groups is 1. The molecule has 1 amide bonds. The van der Waals surface area contributed by atoms with Gasteiger partial charge in [-0.25, -0.2) is 4.98 Å². The van der Waals surface area contributed by atoms with Crippen LogP contribution in [0, 0.1) is 24.0 Å². The van der Waals surface area contributed by atoms with Gasteiger partial charge < -0.3 is 9.88 Å². The summed E-state index contributed by atoms with van der Waals surface area (Å²) in [4.78, 5) is 28.1. The van der Waals surface area contributed by atoms with E-state index in [-0.39, 0.29) is 18.1 Å². The first kappa shape index (κ1) is 18.6. The summed E-state index contributed by atoms with van der Waals surface area (Å²) in [6.45, 7) is 3.04. The van der Waals surface area contributed by atoms with E-state index in [1.54, 1.807) is 32.2 Å². The van der Waals surface area contributed by atoms with Crippen molar-refractivity contribution in [2.45, 2.75) is 30.4 Å². The van der Waals surface area contributed by atoms with Crippen LogP contribution >= 0.6 is 11.8 Å². The summed E-state index contributed by atoms with van der Waals surface area (Å²) in [6, 6.07) is 7.38. The van der Waals surface area contributed by atoms with Crippen molar-refractivity contribution in [2.75, 3.05) is 5.32 Å². The number of amides is 1. The molecule has 140 valence electrons. The first-order valence-electron chi connectivity index (χ1n) is 8.08. The lowest BCUT2D eigenvalue weighted by atomic mass is 10.3. The fraction of sp³-hybridized carbons (Fsp3) is 0.235. The van der Waals surface area contributed by atoms with Crippen LogP contribution < -0.4 is 5.32 Å². The summed E-state index contributed by atoms with van der Waals surface area (Å²) < 4.78 is 3.27. The molecule has 0 aliphatic heterocycles. The molecule has 9 nitrogen and oxygen atoms in total. The molecule has 27 heavy (non-hydrogen) atoms. The quantitative estimate of drug-likeness (QED) is 0.515. The zero-order valence-corrected chi connectivity index (χ0v) is 15.9. The molecule has 3 rings (SSSR count). The zero-order chi connectivity index (χ0) is 19.6. The fourth-order valence-electron chi connectivity index (χ4n) is 2.60. The smallest absolute Gasteiger partial charge is 0.312 e. The van der Waals surface area contributed by atoms with E-state index in [0.29, 0.717) is 17.1 Å². The number of benzene rings is 1. The van der Waals surface area contributed by atoms with Gasteiger partial charge in [0.1, 0.15) is 17.9 Å². The van der Waals surface area contributed by atoms with Gasteiger partial charge in [0.15, 0.2) is 5.16 Å². The molecular formula is C17H18N6O3S. The van der Waals surface area contributed by atoms with Crippen LogP contribution in [0.3, 0.4) is 0 Å². The lowest BCUT2D eigenvalue weighted by Crippen LogP contribution is -2.20. The Morgan fingerprint density at radius 3 is 2.56 bits per heavy atom. The Hall–Kier alpha value is -3.14. The average Bonchev–Trinajstić information content (AvgIpc) is 3.12. The number of rotatable bonds is 6. The molecular weight excluding hydrogens is 368 g/mol. The molecule has 0 radical (unpaired) electrons. The van der Waals surface area contributed by atoms with Crippen LogP contribution in [-0.2, 0) is 18.4 Å². The molecule has 0 atom stereocenters. The number of aromatic nitrogens is 4. The minimum Gasteiger partial charge on any atom is -0.329 e. The highest BCUT2D eigenvalue weighted by Crippen LogP contribution is 2.27. The number of hydrogen-bond donors (Lipinski definition) is 1. The standard InChI is InChI=1S/C17H18N6O3S/c1-11-16(23(25)26)12(2)22(20-11)10-15(24)19-13-4-6-14(7-5-13)27-17-18-8-9-21(17)3/h4-9H,10H2,1-3H3,(H,19,24). The average molecular weight is 386 g/mol. The number of aryl methyl sites for hydroxylation is 2. The summed E-state index contributed by atoms with van der Waals surface area (Å²) in [5.74, 6) is -0.306. The number of hydrogen-bond acceptors (Lipinski definition) is 6. The van der Waals surface area contributed by atoms with Gasteiger partial charge in [0.25, 0.3) is 0 Å². The minimum atomic E-state index is -0.482. The molecule has 10 heteroatoms. The van der Waals surface area contributed by atoms with Crippen LogP contribution in [0.1, 0.15) is 11.4 Å². The van der Waals surface area contributed by atoms with Gasteiger partial charge in [-0.1, -0.05) is 11.8 Å². The van der Waals surface area contributed by atoms with Crippen molar-refractivity contribution in [3.63, 3.8) is 0 Å². The van der Waals surface area contributed by atoms with Gasteiger partial charge >= 0.3 is 5.69 Å². The monoisotopic (exact) mass is 386 g/mol. The molecule has 2 heterocycles. The zero-order valence-electron chi connectivity index (χ0n) is 15.0. The predicted octanol–water partition coefficient (Wildman–Crippen LogP) is 2.93. The molecule has 0 fully saturated rings. The molecule has 3 aromatic rings. The molecule has 1 N–H and O–H groups in total. The summed E-state index contributed by atoms with van der Waals surface area (Å²) in [6.07, 6.45) is 3.61. The van der Waals surface area contributed by atoms with Crippen LogP contribution in [0.25, 0.3) is 0 Å². The number of nitrogens with one attached hydrogen (secondary N) is 1. The highest BCUT2D eigenvalue weighted by atomic mass is 32.2. The van der Waals surface area contributed by atoms with Gasteiger partial charge in [0.05, 0.1) is 4.92 Å². The Labute approximate surface area is 159 Å². The normalized spacial score (nSPS) is 10.8. The maximum atomic E-state index is 12.3. The van der Waals surface area contributed by atoms with Crippen LogP contribution in [0.5, 0.6) is 0 Å². The van der Waals surface area contributed by atoms with Crippen LogP contribution in [0.4, 0.5) is 11.4 Å². The van der Waals surface area contributed by atoms with Crippen molar-refractivity contribution in [1.82, 2.24) is 19.3 Å². The summed E-state index contributed by atoms with van der Waals surface area (Å²) in [5.41, 5.74) is 1.23. The van der Waals surface area contributed by atoms with E-state index in [1.807, 2.05) is 29.9 Å². The van der Waals surface area contributed by atoms with Crippen molar-refractivity contribution in [3.05, 3.63) is 58.2 Å². The van der Waals surface area contributed by atoms with Crippen LogP contribution in [0.2, 0.25) is 0 Å². The second-order valence-electron chi connectivity index (χ2n) is 5.93. The Kier molecular flexibility index (Phi) is 5.26. The molecule has 0 saturated heterocycles. The fourth-order valence-corrected chi connectivity index (χ4v) is 3.41. The molecule has 0 bridgehead atoms. The van der Waals surface area contributed by atoms with Gasteiger partial charge in [0.2, 0.25) is 5.91 Å². The second kappa shape index (κ2) is 7.62. The first-order valence-corrected chi connectivity index (χ1v) is 8.90. The number of anilines is 1. The Bertz CT molecular complexity index is 993. The minimum absolute atomic E-state index is 0.0570. The van der Waals surface area contributed by atoms with Crippen molar-refractivity contribution in [2.24, 2.45) is 7.05 Å². The van der Waals surface area contributed by atoms with E-state index in [0.717, 1.165) is 10.1 Å². The molecule has 0 saturated carbocycles. The van der Waals surface area contributed by atoms with Gasteiger partial charge in [-0.2, -0.15) is 5.10 Å². The number of imidazole rings is 1. The number of carbonyl (C=O) groups excluding carboxylic acids is 1. The third-order valence-electron chi connectivity index (χ3n) is 3.94. The Morgan fingerprint density at radius 1 is 1.30 bits per heavy atom. The highest BCUT2D eigenvalue weighted by Gasteiger charge is 2.22. The summed E-state index contributed by atoms with van der Waals surface area (Å²) in [5, 5.41) is 18.8. The third-order valence-corrected chi connectivity index (χ3v) is 5.03. The first-order chi connectivity index (χ1) is 12.8. The van der Waals surface area contributed by atoms with E-state index in [4.69, 9.17) is 0 Å². The molecule has 0 aliphatic carbocycles. The number of nitro groups is 1.